The van der Waals surface area contributed by atoms with Crippen LogP contribution in [0.15, 0.2) is 12.1 Å². The van der Waals surface area contributed by atoms with Gasteiger partial charge in [0.25, 0.3) is 0 Å². The first-order chi connectivity index (χ1) is 9.71. The number of nitrogens with two attached hydrogens (primary N) is 1. The Morgan fingerprint density at radius 3 is 2.05 bits per heavy atom. The molecule has 5 nitrogen and oxygen atoms in total. The zero-order chi connectivity index (χ0) is 14.5. The molecule has 1 aromatic rings. The number of benzene rings is 1. The fourth-order valence-electron chi connectivity index (χ4n) is 2.67. The highest BCUT2D eigenvalue weighted by atomic mass is 16.5. The van der Waals surface area contributed by atoms with Gasteiger partial charge in [0.05, 0.1) is 26.9 Å². The third-order valence-electron chi connectivity index (χ3n) is 3.86. The Morgan fingerprint density at radius 2 is 1.60 bits per heavy atom. The molecule has 1 aromatic carbocycles. The van der Waals surface area contributed by atoms with E-state index in [1.165, 1.54) is 0 Å². The Morgan fingerprint density at radius 1 is 1.05 bits per heavy atom. The van der Waals surface area contributed by atoms with E-state index in [0.29, 0.717) is 23.2 Å². The molecule has 1 fully saturated rings. The molecule has 1 atom stereocenters. The van der Waals surface area contributed by atoms with Crippen LogP contribution in [0.25, 0.3) is 0 Å². The van der Waals surface area contributed by atoms with Crippen LogP contribution in [-0.4, -0.2) is 34.5 Å². The topological polar surface area (TPSA) is 62.9 Å². The van der Waals surface area contributed by atoms with Crippen molar-refractivity contribution in [3.8, 4) is 17.2 Å². The summed E-state index contributed by atoms with van der Waals surface area (Å²) in [6, 6.07) is 3.56. The maximum absolute atomic E-state index is 6.46. The van der Waals surface area contributed by atoms with Crippen LogP contribution >= 0.6 is 0 Å². The van der Waals surface area contributed by atoms with Crippen molar-refractivity contribution in [3.05, 3.63) is 17.7 Å². The number of hydrogen-bond acceptors (Lipinski definition) is 5. The Kier molecular flexibility index (Phi) is 5.09. The maximum atomic E-state index is 6.46. The third kappa shape index (κ3) is 2.99. The van der Waals surface area contributed by atoms with E-state index in [9.17, 15) is 0 Å². The van der Waals surface area contributed by atoms with E-state index < -0.39 is 0 Å². The van der Waals surface area contributed by atoms with Gasteiger partial charge in [-0.25, -0.2) is 0 Å². The lowest BCUT2D eigenvalue weighted by atomic mass is 9.87. The van der Waals surface area contributed by atoms with Gasteiger partial charge < -0.3 is 24.7 Å². The third-order valence-corrected chi connectivity index (χ3v) is 3.86. The minimum Gasteiger partial charge on any atom is -0.496 e. The van der Waals surface area contributed by atoms with Crippen molar-refractivity contribution in [3.63, 3.8) is 0 Å². The lowest BCUT2D eigenvalue weighted by Gasteiger charge is -2.29. The van der Waals surface area contributed by atoms with Crippen molar-refractivity contribution in [2.45, 2.75) is 18.9 Å². The van der Waals surface area contributed by atoms with Crippen LogP contribution in [0.4, 0.5) is 0 Å². The van der Waals surface area contributed by atoms with Gasteiger partial charge in [-0.2, -0.15) is 0 Å². The molecular weight excluding hydrogens is 258 g/mol. The van der Waals surface area contributed by atoms with Gasteiger partial charge in [-0.15, -0.1) is 0 Å². The maximum Gasteiger partial charge on any atom is 0.131 e. The molecule has 0 aliphatic carbocycles. The second-order valence-electron chi connectivity index (χ2n) is 4.92. The summed E-state index contributed by atoms with van der Waals surface area (Å²) in [4.78, 5) is 0. The molecule has 0 saturated carbocycles. The highest BCUT2D eigenvalue weighted by Crippen LogP contribution is 2.41. The van der Waals surface area contributed by atoms with E-state index in [2.05, 4.69) is 0 Å². The van der Waals surface area contributed by atoms with Crippen LogP contribution < -0.4 is 19.9 Å². The molecule has 112 valence electrons. The first-order valence-electron chi connectivity index (χ1n) is 6.84. The van der Waals surface area contributed by atoms with Crippen LogP contribution in [-0.2, 0) is 4.74 Å². The molecule has 1 saturated heterocycles. The summed E-state index contributed by atoms with van der Waals surface area (Å²) in [6.45, 7) is 1.53. The predicted molar refractivity (Wildman–Crippen MR) is 76.6 cm³/mol. The quantitative estimate of drug-likeness (QED) is 0.896. The smallest absolute Gasteiger partial charge is 0.131 e. The summed E-state index contributed by atoms with van der Waals surface area (Å²) >= 11 is 0. The number of hydrogen-bond donors (Lipinski definition) is 1. The van der Waals surface area contributed by atoms with Crippen LogP contribution in [0, 0.1) is 5.92 Å². The summed E-state index contributed by atoms with van der Waals surface area (Å²) in [7, 11) is 4.88. The molecule has 5 heteroatoms. The molecule has 0 amide bonds. The molecule has 0 aromatic heterocycles. The molecule has 0 bridgehead atoms. The van der Waals surface area contributed by atoms with E-state index in [4.69, 9.17) is 24.7 Å². The summed E-state index contributed by atoms with van der Waals surface area (Å²) < 4.78 is 21.6. The molecule has 20 heavy (non-hydrogen) atoms. The molecule has 2 N–H and O–H groups in total. The van der Waals surface area contributed by atoms with Gasteiger partial charge >= 0.3 is 0 Å². The Labute approximate surface area is 120 Å². The van der Waals surface area contributed by atoms with Crippen molar-refractivity contribution in [2.24, 2.45) is 11.7 Å². The van der Waals surface area contributed by atoms with Gasteiger partial charge in [0.2, 0.25) is 0 Å². The molecule has 0 unspecified atom stereocenters. The highest BCUT2D eigenvalue weighted by molar-refractivity contribution is 5.52. The molecule has 0 spiro atoms. The molecule has 1 aliphatic heterocycles. The standard InChI is InChI=1S/C15H23NO4/c1-17-11-8-12(18-2)14(13(9-11)19-3)15(16)10-4-6-20-7-5-10/h8-10,15H,4-7,16H2,1-3H3/t15-/m1/s1. The first kappa shape index (κ1) is 14.9. The van der Waals surface area contributed by atoms with E-state index in [-0.39, 0.29) is 6.04 Å². The normalized spacial score (nSPS) is 17.6. The van der Waals surface area contributed by atoms with Gasteiger partial charge in [-0.3, -0.25) is 0 Å². The average Bonchev–Trinajstić information content (AvgIpc) is 2.53. The van der Waals surface area contributed by atoms with Crippen molar-refractivity contribution >= 4 is 0 Å². The first-order valence-corrected chi connectivity index (χ1v) is 6.84. The van der Waals surface area contributed by atoms with Gasteiger partial charge in [0, 0.05) is 31.4 Å². The number of rotatable bonds is 5. The summed E-state index contributed by atoms with van der Waals surface area (Å²) in [5.41, 5.74) is 7.36. The van der Waals surface area contributed by atoms with Gasteiger partial charge in [0.1, 0.15) is 17.2 Å². The molecule has 0 radical (unpaired) electrons. The van der Waals surface area contributed by atoms with E-state index in [1.54, 1.807) is 21.3 Å². The second kappa shape index (κ2) is 6.81. The minimum absolute atomic E-state index is 0.130. The Bertz CT molecular complexity index is 418. The Hall–Kier alpha value is -1.46. The largest absolute Gasteiger partial charge is 0.496 e. The summed E-state index contributed by atoms with van der Waals surface area (Å²) in [5.74, 6) is 2.49. The molecule has 1 aliphatic rings. The molecular formula is C15H23NO4. The van der Waals surface area contributed by atoms with Crippen LogP contribution in [0.5, 0.6) is 17.2 Å². The second-order valence-corrected chi connectivity index (χ2v) is 4.92. The van der Waals surface area contributed by atoms with E-state index in [0.717, 1.165) is 31.6 Å². The fraction of sp³-hybridized carbons (Fsp3) is 0.600. The monoisotopic (exact) mass is 281 g/mol. The lowest BCUT2D eigenvalue weighted by Crippen LogP contribution is -2.28. The van der Waals surface area contributed by atoms with Crippen LogP contribution in [0.3, 0.4) is 0 Å². The summed E-state index contributed by atoms with van der Waals surface area (Å²) in [5, 5.41) is 0. The van der Waals surface area contributed by atoms with Gasteiger partial charge in [0.15, 0.2) is 0 Å². The van der Waals surface area contributed by atoms with Gasteiger partial charge in [-0.1, -0.05) is 0 Å². The zero-order valence-electron chi connectivity index (χ0n) is 12.3. The van der Waals surface area contributed by atoms with Crippen LogP contribution in [0.1, 0.15) is 24.4 Å². The highest BCUT2D eigenvalue weighted by Gasteiger charge is 2.28. The molecule has 1 heterocycles. The van der Waals surface area contributed by atoms with Crippen molar-refractivity contribution < 1.29 is 18.9 Å². The fourth-order valence-corrected chi connectivity index (χ4v) is 2.67. The predicted octanol–water partition coefficient (Wildman–Crippen LogP) is 2.14. The van der Waals surface area contributed by atoms with E-state index in [1.807, 2.05) is 12.1 Å². The summed E-state index contributed by atoms with van der Waals surface area (Å²) in [6.07, 6.45) is 1.92. The Balaban J connectivity index is 2.36. The van der Waals surface area contributed by atoms with Crippen LogP contribution in [0.2, 0.25) is 0 Å². The van der Waals surface area contributed by atoms with E-state index >= 15 is 0 Å². The number of methoxy groups -OCH3 is 3. The lowest BCUT2D eigenvalue weighted by molar-refractivity contribution is 0.0578. The zero-order valence-corrected chi connectivity index (χ0v) is 12.3. The number of ether oxygens (including phenoxy) is 4. The molecule has 2 rings (SSSR count). The van der Waals surface area contributed by atoms with Crippen molar-refractivity contribution in [1.82, 2.24) is 0 Å². The minimum atomic E-state index is -0.130. The van der Waals surface area contributed by atoms with Crippen molar-refractivity contribution in [2.75, 3.05) is 34.5 Å². The van der Waals surface area contributed by atoms with Gasteiger partial charge in [-0.05, 0) is 18.8 Å². The average molecular weight is 281 g/mol. The van der Waals surface area contributed by atoms with Crippen molar-refractivity contribution in [1.29, 1.82) is 0 Å². The SMILES string of the molecule is COc1cc(OC)c([C@H](N)C2CCOCC2)c(OC)c1.